The molecule has 4 nitrogen and oxygen atoms in total. The average Bonchev–Trinajstić information content (AvgIpc) is 2.29. The second-order valence-electron chi connectivity index (χ2n) is 3.74. The Kier molecular flexibility index (Phi) is 5.52. The van der Waals surface area contributed by atoms with E-state index in [9.17, 15) is 0 Å². The lowest BCUT2D eigenvalue weighted by Crippen LogP contribution is -2.17. The fraction of sp³-hybridized carbons (Fsp3) is 0.636. The van der Waals surface area contributed by atoms with Crippen LogP contribution in [-0.2, 0) is 0 Å². The second kappa shape index (κ2) is 6.68. The van der Waals surface area contributed by atoms with Crippen molar-refractivity contribution in [1.82, 2.24) is 9.97 Å². The summed E-state index contributed by atoms with van der Waals surface area (Å²) in [4.78, 5) is 8.43. The molecule has 0 aliphatic carbocycles. The van der Waals surface area contributed by atoms with Crippen molar-refractivity contribution in [3.8, 4) is 5.88 Å². The molecule has 1 unspecified atom stereocenters. The van der Waals surface area contributed by atoms with E-state index >= 15 is 0 Å². The van der Waals surface area contributed by atoms with Crippen molar-refractivity contribution >= 4 is 21.9 Å². The number of ether oxygens (including phenoxy) is 1. The van der Waals surface area contributed by atoms with Gasteiger partial charge in [-0.3, -0.25) is 0 Å². The van der Waals surface area contributed by atoms with Crippen molar-refractivity contribution in [3.05, 3.63) is 10.7 Å². The summed E-state index contributed by atoms with van der Waals surface area (Å²) in [5.41, 5.74) is 0. The molecule has 90 valence electrons. The summed E-state index contributed by atoms with van der Waals surface area (Å²) in [6, 6.07) is 0.380. The highest BCUT2D eigenvalue weighted by Crippen LogP contribution is 2.22. The number of halogens is 1. The van der Waals surface area contributed by atoms with Crippen LogP contribution in [0.1, 0.15) is 33.1 Å². The molecule has 0 spiro atoms. The van der Waals surface area contributed by atoms with Gasteiger partial charge in [-0.15, -0.1) is 0 Å². The Morgan fingerprint density at radius 2 is 2.31 bits per heavy atom. The zero-order valence-electron chi connectivity index (χ0n) is 9.96. The standard InChI is InChI=1S/C11H18BrN3O/c1-4-5-6-8(2)14-11-13-7-9(12)10(15-11)16-3/h7-8H,4-6H2,1-3H3,(H,13,14,15). The molecule has 1 N–H and O–H groups in total. The summed E-state index contributed by atoms with van der Waals surface area (Å²) >= 11 is 3.32. The van der Waals surface area contributed by atoms with Gasteiger partial charge in [-0.05, 0) is 29.3 Å². The van der Waals surface area contributed by atoms with E-state index in [1.165, 1.54) is 12.8 Å². The van der Waals surface area contributed by atoms with Crippen molar-refractivity contribution < 1.29 is 4.74 Å². The smallest absolute Gasteiger partial charge is 0.232 e. The number of unbranched alkanes of at least 4 members (excludes halogenated alkanes) is 1. The van der Waals surface area contributed by atoms with Gasteiger partial charge in [-0.25, -0.2) is 4.98 Å². The minimum Gasteiger partial charge on any atom is -0.480 e. The Hall–Kier alpha value is -0.840. The Bertz CT molecular complexity index is 333. The maximum atomic E-state index is 5.11. The van der Waals surface area contributed by atoms with Crippen LogP contribution in [-0.4, -0.2) is 23.1 Å². The molecule has 0 fully saturated rings. The van der Waals surface area contributed by atoms with Crippen LogP contribution in [0.25, 0.3) is 0 Å². The van der Waals surface area contributed by atoms with Gasteiger partial charge < -0.3 is 10.1 Å². The van der Waals surface area contributed by atoms with Gasteiger partial charge in [0.1, 0.15) is 0 Å². The third kappa shape index (κ3) is 3.96. The van der Waals surface area contributed by atoms with Gasteiger partial charge in [-0.2, -0.15) is 4.98 Å². The molecule has 0 amide bonds. The third-order valence-electron chi connectivity index (χ3n) is 2.27. The summed E-state index contributed by atoms with van der Waals surface area (Å²) in [6.45, 7) is 4.32. The number of aromatic nitrogens is 2. The van der Waals surface area contributed by atoms with E-state index in [0.29, 0.717) is 17.9 Å². The van der Waals surface area contributed by atoms with Gasteiger partial charge in [0.25, 0.3) is 0 Å². The van der Waals surface area contributed by atoms with Crippen LogP contribution in [0.4, 0.5) is 5.95 Å². The molecular weight excluding hydrogens is 270 g/mol. The van der Waals surface area contributed by atoms with E-state index in [0.717, 1.165) is 10.9 Å². The average molecular weight is 288 g/mol. The molecule has 16 heavy (non-hydrogen) atoms. The van der Waals surface area contributed by atoms with E-state index < -0.39 is 0 Å². The molecule has 0 aromatic carbocycles. The molecule has 0 aliphatic rings. The monoisotopic (exact) mass is 287 g/mol. The molecule has 5 heteroatoms. The van der Waals surface area contributed by atoms with Crippen LogP contribution in [0.15, 0.2) is 10.7 Å². The number of nitrogens with one attached hydrogen (secondary N) is 1. The number of methoxy groups -OCH3 is 1. The fourth-order valence-corrected chi connectivity index (χ4v) is 1.72. The first-order valence-electron chi connectivity index (χ1n) is 5.50. The summed E-state index contributed by atoms with van der Waals surface area (Å²) < 4.78 is 5.88. The molecule has 1 rings (SSSR count). The van der Waals surface area contributed by atoms with Crippen molar-refractivity contribution in [2.75, 3.05) is 12.4 Å². The lowest BCUT2D eigenvalue weighted by atomic mass is 10.1. The maximum absolute atomic E-state index is 5.11. The zero-order chi connectivity index (χ0) is 12.0. The molecule has 0 radical (unpaired) electrons. The van der Waals surface area contributed by atoms with Crippen LogP contribution >= 0.6 is 15.9 Å². The van der Waals surface area contributed by atoms with E-state index in [1.54, 1.807) is 13.3 Å². The first kappa shape index (κ1) is 13.2. The van der Waals surface area contributed by atoms with Crippen LogP contribution in [0.5, 0.6) is 5.88 Å². The topological polar surface area (TPSA) is 47.0 Å². The van der Waals surface area contributed by atoms with Crippen molar-refractivity contribution in [2.45, 2.75) is 39.2 Å². The summed E-state index contributed by atoms with van der Waals surface area (Å²) in [5, 5.41) is 3.26. The maximum Gasteiger partial charge on any atom is 0.232 e. The molecule has 0 bridgehead atoms. The minimum atomic E-state index is 0.380. The Balaban J connectivity index is 2.59. The van der Waals surface area contributed by atoms with Gasteiger partial charge in [0.2, 0.25) is 11.8 Å². The van der Waals surface area contributed by atoms with Crippen molar-refractivity contribution in [1.29, 1.82) is 0 Å². The van der Waals surface area contributed by atoms with E-state index in [4.69, 9.17) is 4.74 Å². The molecular formula is C11H18BrN3O. The molecule has 0 saturated heterocycles. The highest BCUT2D eigenvalue weighted by Gasteiger charge is 2.07. The predicted molar refractivity (Wildman–Crippen MR) is 68.9 cm³/mol. The summed E-state index contributed by atoms with van der Waals surface area (Å²) in [6.07, 6.45) is 5.23. The lowest BCUT2D eigenvalue weighted by molar-refractivity contribution is 0.394. The van der Waals surface area contributed by atoms with E-state index in [1.807, 2.05) is 0 Å². The van der Waals surface area contributed by atoms with Gasteiger partial charge in [0.15, 0.2) is 0 Å². The molecule has 1 aromatic heterocycles. The van der Waals surface area contributed by atoms with Gasteiger partial charge >= 0.3 is 0 Å². The van der Waals surface area contributed by atoms with Crippen LogP contribution in [0.2, 0.25) is 0 Å². The third-order valence-corrected chi connectivity index (χ3v) is 2.82. The zero-order valence-corrected chi connectivity index (χ0v) is 11.5. The highest BCUT2D eigenvalue weighted by atomic mass is 79.9. The molecule has 1 heterocycles. The Labute approximate surface area is 105 Å². The van der Waals surface area contributed by atoms with Gasteiger partial charge in [0.05, 0.1) is 17.8 Å². The van der Waals surface area contributed by atoms with Gasteiger partial charge in [-0.1, -0.05) is 19.8 Å². The molecule has 1 atom stereocenters. The number of nitrogens with zero attached hydrogens (tertiary/aromatic N) is 2. The normalized spacial score (nSPS) is 12.2. The highest BCUT2D eigenvalue weighted by molar-refractivity contribution is 9.10. The Morgan fingerprint density at radius 3 is 2.94 bits per heavy atom. The summed E-state index contributed by atoms with van der Waals surface area (Å²) in [7, 11) is 1.59. The van der Waals surface area contributed by atoms with E-state index in [2.05, 4.69) is 45.1 Å². The van der Waals surface area contributed by atoms with Crippen molar-refractivity contribution in [3.63, 3.8) is 0 Å². The predicted octanol–water partition coefficient (Wildman–Crippen LogP) is 3.24. The summed E-state index contributed by atoms with van der Waals surface area (Å²) in [5.74, 6) is 1.17. The number of rotatable bonds is 6. The first-order valence-corrected chi connectivity index (χ1v) is 6.29. The van der Waals surface area contributed by atoms with Crippen molar-refractivity contribution in [2.24, 2.45) is 0 Å². The SMILES string of the molecule is CCCCC(C)Nc1ncc(Br)c(OC)n1. The fourth-order valence-electron chi connectivity index (χ4n) is 1.37. The quantitative estimate of drug-likeness (QED) is 0.873. The first-order chi connectivity index (χ1) is 7.67. The molecule has 0 aliphatic heterocycles. The lowest BCUT2D eigenvalue weighted by Gasteiger charge is -2.13. The molecule has 1 aromatic rings. The van der Waals surface area contributed by atoms with Crippen LogP contribution < -0.4 is 10.1 Å². The number of hydrogen-bond donors (Lipinski definition) is 1. The van der Waals surface area contributed by atoms with Crippen LogP contribution in [0, 0.1) is 0 Å². The van der Waals surface area contributed by atoms with Gasteiger partial charge in [0, 0.05) is 6.04 Å². The van der Waals surface area contributed by atoms with E-state index in [-0.39, 0.29) is 0 Å². The number of hydrogen-bond acceptors (Lipinski definition) is 4. The Morgan fingerprint density at radius 1 is 1.56 bits per heavy atom. The second-order valence-corrected chi connectivity index (χ2v) is 4.59. The number of anilines is 1. The van der Waals surface area contributed by atoms with Crippen LogP contribution in [0.3, 0.4) is 0 Å². The largest absolute Gasteiger partial charge is 0.480 e. The molecule has 0 saturated carbocycles. The minimum absolute atomic E-state index is 0.380.